The van der Waals surface area contributed by atoms with Crippen LogP contribution < -0.4 is 10.9 Å². The number of hydrogen-bond donors (Lipinski definition) is 1. The Hall–Kier alpha value is -0.910. The third-order valence-electron chi connectivity index (χ3n) is 4.23. The zero-order chi connectivity index (χ0) is 15.5. The number of nitrogens with zero attached hydrogens (tertiary/aromatic N) is 2. The highest BCUT2D eigenvalue weighted by Gasteiger charge is 2.12. The summed E-state index contributed by atoms with van der Waals surface area (Å²) in [7, 11) is 0. The number of hydrogen-bond acceptors (Lipinski definition) is 3. The summed E-state index contributed by atoms with van der Waals surface area (Å²) >= 11 is 9.44. The molecule has 1 saturated heterocycles. The van der Waals surface area contributed by atoms with Crippen LogP contribution in [0.15, 0.2) is 27.7 Å². The zero-order valence-corrected chi connectivity index (χ0v) is 14.7. The summed E-state index contributed by atoms with van der Waals surface area (Å²) in [5, 5.41) is 4.65. The average Bonchev–Trinajstić information content (AvgIpc) is 2.53. The molecule has 0 bridgehead atoms. The summed E-state index contributed by atoms with van der Waals surface area (Å²) in [6.45, 7) is 1.82. The number of aromatic nitrogens is 2. The lowest BCUT2D eigenvalue weighted by Gasteiger charge is -2.23. The van der Waals surface area contributed by atoms with E-state index in [1.807, 2.05) is 0 Å². The van der Waals surface area contributed by atoms with Gasteiger partial charge in [-0.1, -0.05) is 18.0 Å². The quantitative estimate of drug-likeness (QED) is 0.873. The molecule has 0 radical (unpaired) electrons. The molecule has 1 aliphatic heterocycles. The maximum absolute atomic E-state index is 12.5. The van der Waals surface area contributed by atoms with E-state index in [2.05, 4.69) is 26.2 Å². The normalized spacial score (nSPS) is 18.7. The van der Waals surface area contributed by atoms with Crippen molar-refractivity contribution in [3.05, 3.63) is 38.3 Å². The second-order valence-electron chi connectivity index (χ2n) is 5.82. The van der Waals surface area contributed by atoms with Crippen LogP contribution >= 0.6 is 27.5 Å². The lowest BCUT2D eigenvalue weighted by molar-refractivity contribution is 0.367. The monoisotopic (exact) mass is 383 g/mol. The molecule has 0 saturated carbocycles. The third kappa shape index (κ3) is 3.53. The maximum Gasteiger partial charge on any atom is 0.261 e. The van der Waals surface area contributed by atoms with Gasteiger partial charge in [0.2, 0.25) is 0 Å². The third-order valence-corrected chi connectivity index (χ3v) is 5.43. The number of benzene rings is 1. The number of rotatable bonds is 4. The fourth-order valence-corrected chi connectivity index (χ4v) is 3.49. The Morgan fingerprint density at radius 2 is 2.27 bits per heavy atom. The topological polar surface area (TPSA) is 46.9 Å². The van der Waals surface area contributed by atoms with Gasteiger partial charge in [0, 0.05) is 17.1 Å². The van der Waals surface area contributed by atoms with Crippen LogP contribution in [-0.2, 0) is 6.54 Å². The Kier molecular flexibility index (Phi) is 5.16. The van der Waals surface area contributed by atoms with Crippen LogP contribution in [0.3, 0.4) is 0 Å². The largest absolute Gasteiger partial charge is 0.314 e. The molecule has 4 nitrogen and oxygen atoms in total. The predicted octanol–water partition coefficient (Wildman–Crippen LogP) is 3.73. The van der Waals surface area contributed by atoms with E-state index in [-0.39, 0.29) is 5.56 Å². The summed E-state index contributed by atoms with van der Waals surface area (Å²) in [6.07, 6.45) is 7.55. The van der Waals surface area contributed by atoms with Crippen molar-refractivity contribution >= 4 is 38.4 Å². The van der Waals surface area contributed by atoms with Crippen molar-refractivity contribution < 1.29 is 0 Å². The smallest absolute Gasteiger partial charge is 0.261 e. The van der Waals surface area contributed by atoms with Crippen molar-refractivity contribution in [3.63, 3.8) is 0 Å². The summed E-state index contributed by atoms with van der Waals surface area (Å²) in [4.78, 5) is 16.9. The Balaban J connectivity index is 1.72. The van der Waals surface area contributed by atoms with Gasteiger partial charge in [-0.05, 0) is 60.3 Å². The Morgan fingerprint density at radius 3 is 3.05 bits per heavy atom. The predicted molar refractivity (Wildman–Crippen MR) is 93.6 cm³/mol. The summed E-state index contributed by atoms with van der Waals surface area (Å²) in [5.41, 5.74) is 0.655. The van der Waals surface area contributed by atoms with Gasteiger partial charge in [0.15, 0.2) is 0 Å². The van der Waals surface area contributed by atoms with Gasteiger partial charge >= 0.3 is 0 Å². The molecule has 1 aromatic heterocycles. The van der Waals surface area contributed by atoms with Gasteiger partial charge in [0.25, 0.3) is 5.56 Å². The molecule has 0 unspecified atom stereocenters. The lowest BCUT2D eigenvalue weighted by Crippen LogP contribution is -2.34. The van der Waals surface area contributed by atoms with Crippen molar-refractivity contribution in [3.8, 4) is 0 Å². The van der Waals surface area contributed by atoms with Gasteiger partial charge in [-0.3, -0.25) is 9.36 Å². The minimum Gasteiger partial charge on any atom is -0.314 e. The first-order valence-corrected chi connectivity index (χ1v) is 8.90. The summed E-state index contributed by atoms with van der Waals surface area (Å²) in [5.74, 6) is 0. The van der Waals surface area contributed by atoms with E-state index < -0.39 is 0 Å². The average molecular weight is 385 g/mol. The van der Waals surface area contributed by atoms with Crippen LogP contribution in [0, 0.1) is 0 Å². The van der Waals surface area contributed by atoms with Crippen LogP contribution in [0.2, 0.25) is 5.02 Å². The number of halogens is 2. The molecule has 22 heavy (non-hydrogen) atoms. The molecule has 1 aromatic carbocycles. The Bertz CT molecular complexity index is 725. The first kappa shape index (κ1) is 16.0. The highest BCUT2D eigenvalue weighted by molar-refractivity contribution is 9.10. The molecule has 3 rings (SSSR count). The highest BCUT2D eigenvalue weighted by atomic mass is 79.9. The van der Waals surface area contributed by atoms with Crippen molar-refractivity contribution in [1.82, 2.24) is 14.9 Å². The second kappa shape index (κ2) is 7.11. The second-order valence-corrected chi connectivity index (χ2v) is 7.08. The summed E-state index contributed by atoms with van der Waals surface area (Å²) in [6, 6.07) is 4.08. The molecule has 0 spiro atoms. The van der Waals surface area contributed by atoms with E-state index in [4.69, 9.17) is 11.6 Å². The minimum absolute atomic E-state index is 0.0176. The molecule has 0 aliphatic carbocycles. The molecular weight excluding hydrogens is 366 g/mol. The molecule has 2 heterocycles. The molecule has 1 fully saturated rings. The number of nitrogens with one attached hydrogen (secondary N) is 1. The van der Waals surface area contributed by atoms with E-state index in [1.165, 1.54) is 19.3 Å². The first-order valence-electron chi connectivity index (χ1n) is 7.73. The van der Waals surface area contributed by atoms with Gasteiger partial charge in [0.05, 0.1) is 22.3 Å². The molecule has 0 amide bonds. The molecule has 118 valence electrons. The standard InChI is InChI=1S/C16H19BrClN3O/c17-13-9-15-12(8-14(13)18)16(22)21(10-20-15)7-3-5-11-4-1-2-6-19-11/h8-11,19H,1-7H2/t11-/m0/s1. The van der Waals surface area contributed by atoms with Gasteiger partial charge in [-0.2, -0.15) is 0 Å². The summed E-state index contributed by atoms with van der Waals surface area (Å²) < 4.78 is 2.45. The van der Waals surface area contributed by atoms with Crippen molar-refractivity contribution in [2.24, 2.45) is 0 Å². The van der Waals surface area contributed by atoms with E-state index >= 15 is 0 Å². The fraction of sp³-hybridized carbons (Fsp3) is 0.500. The van der Waals surface area contributed by atoms with Crippen molar-refractivity contribution in [2.75, 3.05) is 6.54 Å². The van der Waals surface area contributed by atoms with Crippen LogP contribution in [0.25, 0.3) is 10.9 Å². The Morgan fingerprint density at radius 1 is 1.41 bits per heavy atom. The van der Waals surface area contributed by atoms with Gasteiger partial charge < -0.3 is 5.32 Å². The number of piperidine rings is 1. The van der Waals surface area contributed by atoms with Crippen LogP contribution in [0.4, 0.5) is 0 Å². The van der Waals surface area contributed by atoms with E-state index in [1.54, 1.807) is 23.0 Å². The minimum atomic E-state index is -0.0176. The van der Waals surface area contributed by atoms with Gasteiger partial charge in [-0.25, -0.2) is 4.98 Å². The zero-order valence-electron chi connectivity index (χ0n) is 12.3. The van der Waals surface area contributed by atoms with Crippen molar-refractivity contribution in [1.29, 1.82) is 0 Å². The fourth-order valence-electron chi connectivity index (χ4n) is 2.99. The molecule has 6 heteroatoms. The number of fused-ring (bicyclic) bond motifs is 1. The molecular formula is C16H19BrClN3O. The van der Waals surface area contributed by atoms with E-state index in [9.17, 15) is 4.79 Å². The molecule has 1 atom stereocenters. The lowest BCUT2D eigenvalue weighted by atomic mass is 10.0. The van der Waals surface area contributed by atoms with E-state index in [0.29, 0.717) is 28.5 Å². The SMILES string of the molecule is O=c1c2cc(Cl)c(Br)cc2ncn1CCC[C@@H]1CCCCN1. The molecule has 2 aromatic rings. The van der Waals surface area contributed by atoms with Gasteiger partial charge in [-0.15, -0.1) is 0 Å². The van der Waals surface area contributed by atoms with Crippen LogP contribution in [-0.4, -0.2) is 22.1 Å². The molecule has 1 aliphatic rings. The first-order chi connectivity index (χ1) is 10.6. The Labute approximate surface area is 143 Å². The maximum atomic E-state index is 12.5. The van der Waals surface area contributed by atoms with E-state index in [0.717, 1.165) is 23.9 Å². The van der Waals surface area contributed by atoms with Gasteiger partial charge in [0.1, 0.15) is 0 Å². The van der Waals surface area contributed by atoms with Crippen LogP contribution in [0.5, 0.6) is 0 Å². The highest BCUT2D eigenvalue weighted by Crippen LogP contribution is 2.25. The number of aryl methyl sites for hydroxylation is 1. The van der Waals surface area contributed by atoms with Crippen molar-refractivity contribution in [2.45, 2.75) is 44.7 Å². The van der Waals surface area contributed by atoms with Crippen LogP contribution in [0.1, 0.15) is 32.1 Å². The molecule has 1 N–H and O–H groups in total.